The Morgan fingerprint density at radius 3 is 2.76 bits per heavy atom. The number of hydroxylamine groups is 1. The Morgan fingerprint density at radius 1 is 1.62 bits per heavy atom. The fourth-order valence-electron chi connectivity index (χ4n) is 1.65. The van der Waals surface area contributed by atoms with Crippen molar-refractivity contribution in [2.45, 2.75) is 13.8 Å². The van der Waals surface area contributed by atoms with Crippen molar-refractivity contribution in [2.75, 3.05) is 6.61 Å². The number of nitrogens with zero attached hydrogens (tertiary/aromatic N) is 1. The van der Waals surface area contributed by atoms with Gasteiger partial charge in [-0.05, 0) is 12.0 Å². The van der Waals surface area contributed by atoms with Crippen molar-refractivity contribution < 1.29 is 19.3 Å². The van der Waals surface area contributed by atoms with Gasteiger partial charge in [0.2, 0.25) is 0 Å². The molecular formula is C14H14N2O5. The zero-order chi connectivity index (χ0) is 16.0. The smallest absolute Gasteiger partial charge is 0.273 e. The summed E-state index contributed by atoms with van der Waals surface area (Å²) >= 11 is 0. The average Bonchev–Trinajstić information content (AvgIpc) is 2.44. The number of carbonyl (C=O) groups is 1. The molecule has 0 spiro atoms. The molecule has 1 aliphatic carbocycles. The Morgan fingerprint density at radius 2 is 2.29 bits per heavy atom. The van der Waals surface area contributed by atoms with Gasteiger partial charge in [-0.15, -0.1) is 6.42 Å². The van der Waals surface area contributed by atoms with Gasteiger partial charge in [-0.1, -0.05) is 25.8 Å². The van der Waals surface area contributed by atoms with Crippen LogP contribution >= 0.6 is 0 Å². The number of rotatable bonds is 5. The number of nitro groups is 1. The van der Waals surface area contributed by atoms with Gasteiger partial charge in [0.25, 0.3) is 11.6 Å². The second-order valence-corrected chi connectivity index (χ2v) is 4.69. The van der Waals surface area contributed by atoms with E-state index in [1.807, 2.05) is 13.8 Å². The maximum Gasteiger partial charge on any atom is 0.300 e. The molecule has 1 unspecified atom stereocenters. The van der Waals surface area contributed by atoms with Crippen molar-refractivity contribution in [1.29, 1.82) is 0 Å². The molecule has 0 fully saturated rings. The molecule has 21 heavy (non-hydrogen) atoms. The van der Waals surface area contributed by atoms with Crippen LogP contribution in [0.3, 0.4) is 0 Å². The lowest BCUT2D eigenvalue weighted by Gasteiger charge is -2.16. The summed E-state index contributed by atoms with van der Waals surface area (Å²) in [5, 5.41) is 11.0. The van der Waals surface area contributed by atoms with Crippen LogP contribution in [-0.4, -0.2) is 23.4 Å². The monoisotopic (exact) mass is 290 g/mol. The summed E-state index contributed by atoms with van der Waals surface area (Å²) in [7, 11) is 0. The van der Waals surface area contributed by atoms with Gasteiger partial charge in [0.1, 0.15) is 23.0 Å². The van der Waals surface area contributed by atoms with E-state index >= 15 is 0 Å². The highest BCUT2D eigenvalue weighted by atomic mass is 16.7. The van der Waals surface area contributed by atoms with Crippen molar-refractivity contribution in [1.82, 2.24) is 5.48 Å². The van der Waals surface area contributed by atoms with Crippen molar-refractivity contribution in [3.8, 4) is 12.3 Å². The molecular weight excluding hydrogens is 276 g/mol. The third-order valence-corrected chi connectivity index (χ3v) is 2.60. The number of carbonyl (C=O) groups excluding carboxylic acids is 2. The van der Waals surface area contributed by atoms with E-state index in [1.165, 1.54) is 18.1 Å². The molecule has 1 rings (SSSR count). The standard InChI is InChI=1S/C14H14N2O5/c1-4-10-5-6-11(12(7-17)13(10)16(19)20)14(18)15-21-8-9(2)3/h1,5-6,9,11H,8H2,2-3H3,(H,15,18). The van der Waals surface area contributed by atoms with E-state index in [1.54, 1.807) is 0 Å². The molecule has 110 valence electrons. The molecule has 0 radical (unpaired) electrons. The molecule has 7 nitrogen and oxygen atoms in total. The minimum atomic E-state index is -1.16. The second kappa shape index (κ2) is 7.20. The predicted molar refractivity (Wildman–Crippen MR) is 73.6 cm³/mol. The number of amides is 1. The van der Waals surface area contributed by atoms with Gasteiger partial charge in [-0.3, -0.25) is 19.7 Å². The molecule has 7 heteroatoms. The average molecular weight is 290 g/mol. The zero-order valence-corrected chi connectivity index (χ0v) is 11.6. The SMILES string of the molecule is C#CC1=C([N+](=O)[O-])C(=C=O)C(C(=O)NOCC(C)C)C=C1. The molecule has 0 aromatic carbocycles. The Hall–Kier alpha value is -2.68. The maximum atomic E-state index is 11.9. The molecule has 1 amide bonds. The normalized spacial score (nSPS) is 17.4. The van der Waals surface area contributed by atoms with E-state index in [4.69, 9.17) is 11.3 Å². The van der Waals surface area contributed by atoms with Gasteiger partial charge in [0.15, 0.2) is 0 Å². The zero-order valence-electron chi connectivity index (χ0n) is 11.6. The number of nitrogens with one attached hydrogen (secondary N) is 1. The quantitative estimate of drug-likeness (QED) is 0.349. The Labute approximate surface area is 121 Å². The van der Waals surface area contributed by atoms with E-state index in [9.17, 15) is 19.7 Å². The summed E-state index contributed by atoms with van der Waals surface area (Å²) in [6.45, 7) is 4.04. The molecule has 1 N–H and O–H groups in total. The highest BCUT2D eigenvalue weighted by Gasteiger charge is 2.36. The number of terminal acetylenes is 1. The van der Waals surface area contributed by atoms with Crippen LogP contribution in [0.15, 0.2) is 29.0 Å². The van der Waals surface area contributed by atoms with Crippen LogP contribution in [0.1, 0.15) is 13.8 Å². The van der Waals surface area contributed by atoms with Gasteiger partial charge >= 0.3 is 0 Å². The number of hydrogen-bond donors (Lipinski definition) is 1. The Kier molecular flexibility index (Phi) is 5.61. The molecule has 0 aromatic rings. The van der Waals surface area contributed by atoms with Crippen LogP contribution in [-0.2, 0) is 14.4 Å². The molecule has 0 aliphatic heterocycles. The second-order valence-electron chi connectivity index (χ2n) is 4.69. The molecule has 0 heterocycles. The lowest BCUT2D eigenvalue weighted by atomic mass is 9.89. The van der Waals surface area contributed by atoms with Crippen LogP contribution in [0, 0.1) is 34.3 Å². The van der Waals surface area contributed by atoms with E-state index < -0.39 is 28.0 Å². The van der Waals surface area contributed by atoms with Crippen LogP contribution in [0.4, 0.5) is 0 Å². The summed E-state index contributed by atoms with van der Waals surface area (Å²) < 4.78 is 0. The van der Waals surface area contributed by atoms with Gasteiger partial charge < -0.3 is 0 Å². The van der Waals surface area contributed by atoms with Crippen molar-refractivity contribution >= 4 is 11.8 Å². The van der Waals surface area contributed by atoms with Crippen LogP contribution in [0.2, 0.25) is 0 Å². The first-order chi connectivity index (χ1) is 9.92. The predicted octanol–water partition coefficient (Wildman–Crippen LogP) is 0.798. The van der Waals surface area contributed by atoms with Crippen LogP contribution in [0.25, 0.3) is 0 Å². The lowest BCUT2D eigenvalue weighted by Crippen LogP contribution is -2.34. The van der Waals surface area contributed by atoms with Crippen molar-refractivity contribution in [2.24, 2.45) is 11.8 Å². The molecule has 0 saturated heterocycles. The van der Waals surface area contributed by atoms with E-state index in [0.29, 0.717) is 0 Å². The lowest BCUT2D eigenvalue weighted by molar-refractivity contribution is -0.421. The fraction of sp³-hybridized carbons (Fsp3) is 0.357. The highest BCUT2D eigenvalue weighted by Crippen LogP contribution is 2.28. The minimum absolute atomic E-state index is 0.0782. The summed E-state index contributed by atoms with van der Waals surface area (Å²) in [6, 6.07) is 0. The maximum absolute atomic E-state index is 11.9. The Balaban J connectivity index is 2.98. The van der Waals surface area contributed by atoms with E-state index in [0.717, 1.165) is 0 Å². The molecule has 0 bridgehead atoms. The van der Waals surface area contributed by atoms with Gasteiger partial charge in [-0.2, -0.15) is 0 Å². The molecule has 1 aliphatic rings. The van der Waals surface area contributed by atoms with E-state index in [-0.39, 0.29) is 18.1 Å². The summed E-state index contributed by atoms with van der Waals surface area (Å²) in [5.41, 5.74) is 1.08. The number of allylic oxidation sites excluding steroid dienone is 3. The Bertz CT molecular complexity index is 603. The third kappa shape index (κ3) is 3.89. The topological polar surface area (TPSA) is 98.5 Å². The van der Waals surface area contributed by atoms with Crippen LogP contribution < -0.4 is 5.48 Å². The number of hydrogen-bond acceptors (Lipinski definition) is 5. The van der Waals surface area contributed by atoms with Gasteiger partial charge in [0, 0.05) is 0 Å². The van der Waals surface area contributed by atoms with Gasteiger partial charge in [-0.25, -0.2) is 10.3 Å². The molecule has 0 saturated carbocycles. The van der Waals surface area contributed by atoms with Crippen LogP contribution in [0.5, 0.6) is 0 Å². The van der Waals surface area contributed by atoms with Gasteiger partial charge in [0.05, 0.1) is 11.5 Å². The molecule has 1 atom stereocenters. The summed E-state index contributed by atoms with van der Waals surface area (Å²) in [6.07, 6.45) is 7.71. The first kappa shape index (κ1) is 16.4. The summed E-state index contributed by atoms with van der Waals surface area (Å²) in [4.78, 5) is 38.1. The highest BCUT2D eigenvalue weighted by molar-refractivity contribution is 5.88. The minimum Gasteiger partial charge on any atom is -0.273 e. The van der Waals surface area contributed by atoms with Crippen molar-refractivity contribution in [3.05, 3.63) is 39.1 Å². The molecule has 0 aromatic heterocycles. The summed E-state index contributed by atoms with van der Waals surface area (Å²) in [5.74, 6) is 1.88. The van der Waals surface area contributed by atoms with Crippen molar-refractivity contribution in [3.63, 3.8) is 0 Å². The third-order valence-electron chi connectivity index (χ3n) is 2.60. The fourth-order valence-corrected chi connectivity index (χ4v) is 1.65. The first-order valence-corrected chi connectivity index (χ1v) is 6.12. The first-order valence-electron chi connectivity index (χ1n) is 6.12. The largest absolute Gasteiger partial charge is 0.300 e. The van der Waals surface area contributed by atoms with E-state index in [2.05, 4.69) is 11.4 Å².